The number of anilines is 2. The van der Waals surface area contributed by atoms with Crippen LogP contribution in [0, 0.1) is 0 Å². The summed E-state index contributed by atoms with van der Waals surface area (Å²) in [6.07, 6.45) is 0. The summed E-state index contributed by atoms with van der Waals surface area (Å²) in [6, 6.07) is 27.1. The van der Waals surface area contributed by atoms with Gasteiger partial charge in [0.1, 0.15) is 17.3 Å². The van der Waals surface area contributed by atoms with Crippen LogP contribution in [0.15, 0.2) is 78.9 Å². The molecule has 3 N–H and O–H groups in total. The summed E-state index contributed by atoms with van der Waals surface area (Å²) >= 11 is 0. The maximum atomic E-state index is 12.7. The van der Waals surface area contributed by atoms with E-state index >= 15 is 0 Å². The molecular formula is C27H32N5O+. The molecule has 5 rings (SSSR count). The van der Waals surface area contributed by atoms with E-state index in [9.17, 15) is 4.79 Å². The topological polar surface area (TPSA) is 61.6 Å². The molecular weight excluding hydrogens is 410 g/mol. The quantitative estimate of drug-likeness (QED) is 0.466. The molecule has 0 spiro atoms. The van der Waals surface area contributed by atoms with Crippen molar-refractivity contribution in [2.75, 3.05) is 50.0 Å². The third-order valence-electron chi connectivity index (χ3n) is 7.19. The lowest BCUT2D eigenvalue weighted by atomic mass is 10.0. The van der Waals surface area contributed by atoms with Gasteiger partial charge < -0.3 is 16.0 Å². The van der Waals surface area contributed by atoms with Gasteiger partial charge in [-0.25, -0.2) is 4.48 Å². The summed E-state index contributed by atoms with van der Waals surface area (Å²) in [7, 11) is 0. The van der Waals surface area contributed by atoms with Crippen LogP contribution < -0.4 is 20.4 Å². The van der Waals surface area contributed by atoms with Crippen LogP contribution in [-0.4, -0.2) is 56.2 Å². The SMILES string of the molecule is CC(CN1CCN(c2ccc(N)cc2)CC1)[N+]1(c2ccccc2)CNC(=O)c2ccccc21. The van der Waals surface area contributed by atoms with Gasteiger partial charge in [0.2, 0.25) is 0 Å². The average molecular weight is 443 g/mol. The minimum Gasteiger partial charge on any atom is -0.399 e. The number of fused-ring (bicyclic) bond motifs is 1. The number of para-hydroxylation sites is 2. The van der Waals surface area contributed by atoms with E-state index in [-0.39, 0.29) is 11.9 Å². The first-order valence-electron chi connectivity index (χ1n) is 11.7. The Bertz CT molecular complexity index is 1110. The molecule has 2 aliphatic rings. The van der Waals surface area contributed by atoms with E-state index < -0.39 is 0 Å². The molecule has 170 valence electrons. The summed E-state index contributed by atoms with van der Waals surface area (Å²) < 4.78 is 0.626. The van der Waals surface area contributed by atoms with E-state index in [1.807, 2.05) is 30.3 Å². The lowest BCUT2D eigenvalue weighted by molar-refractivity contribution is 0.0893. The lowest BCUT2D eigenvalue weighted by Gasteiger charge is -2.47. The number of nitrogen functional groups attached to an aromatic ring is 1. The Labute approximate surface area is 195 Å². The molecule has 6 nitrogen and oxygen atoms in total. The van der Waals surface area contributed by atoms with Gasteiger partial charge in [-0.1, -0.05) is 30.3 Å². The highest BCUT2D eigenvalue weighted by Crippen LogP contribution is 2.41. The maximum Gasteiger partial charge on any atom is 0.261 e. The summed E-state index contributed by atoms with van der Waals surface area (Å²) in [5.74, 6) is 0.0135. The molecule has 2 atom stereocenters. The molecule has 0 aromatic heterocycles. The summed E-state index contributed by atoms with van der Waals surface area (Å²) in [4.78, 5) is 17.6. The van der Waals surface area contributed by atoms with Crippen LogP contribution >= 0.6 is 0 Å². The van der Waals surface area contributed by atoms with Crippen molar-refractivity contribution in [1.82, 2.24) is 14.7 Å². The number of amides is 1. The largest absolute Gasteiger partial charge is 0.399 e. The number of carbonyl (C=O) groups excluding carboxylic acids is 1. The fourth-order valence-corrected chi connectivity index (χ4v) is 5.35. The molecule has 3 aromatic rings. The van der Waals surface area contributed by atoms with Gasteiger partial charge in [-0.2, -0.15) is 0 Å². The van der Waals surface area contributed by atoms with Gasteiger partial charge in [0, 0.05) is 43.6 Å². The first-order valence-corrected chi connectivity index (χ1v) is 11.7. The van der Waals surface area contributed by atoms with E-state index in [1.165, 1.54) is 11.4 Å². The zero-order chi connectivity index (χ0) is 22.8. The second-order valence-corrected chi connectivity index (χ2v) is 9.11. The van der Waals surface area contributed by atoms with Crippen LogP contribution in [-0.2, 0) is 0 Å². The predicted molar refractivity (Wildman–Crippen MR) is 136 cm³/mol. The molecule has 3 aromatic carbocycles. The van der Waals surface area contributed by atoms with Gasteiger partial charge in [0.25, 0.3) is 5.91 Å². The summed E-state index contributed by atoms with van der Waals surface area (Å²) in [5, 5.41) is 3.18. The number of hydrogen-bond acceptors (Lipinski definition) is 4. The first kappa shape index (κ1) is 21.5. The van der Waals surface area contributed by atoms with E-state index in [0.29, 0.717) is 11.2 Å². The van der Waals surface area contributed by atoms with Gasteiger partial charge in [0.15, 0.2) is 12.4 Å². The lowest BCUT2D eigenvalue weighted by Crippen LogP contribution is -2.63. The fourth-order valence-electron chi connectivity index (χ4n) is 5.35. The third-order valence-corrected chi connectivity index (χ3v) is 7.19. The summed E-state index contributed by atoms with van der Waals surface area (Å²) in [5.41, 5.74) is 10.9. The highest BCUT2D eigenvalue weighted by atomic mass is 16.2. The minimum atomic E-state index is 0.0135. The van der Waals surface area contributed by atoms with Crippen molar-refractivity contribution in [1.29, 1.82) is 0 Å². The molecule has 1 fully saturated rings. The number of nitrogens with zero attached hydrogens (tertiary/aromatic N) is 3. The molecule has 2 aliphatic heterocycles. The number of nitrogens with two attached hydrogens (primary N) is 1. The number of nitrogens with one attached hydrogen (secondary N) is 1. The van der Waals surface area contributed by atoms with Crippen LogP contribution in [0.3, 0.4) is 0 Å². The van der Waals surface area contributed by atoms with Crippen molar-refractivity contribution in [2.24, 2.45) is 0 Å². The van der Waals surface area contributed by atoms with Gasteiger partial charge in [-0.3, -0.25) is 9.69 Å². The molecule has 0 radical (unpaired) electrons. The smallest absolute Gasteiger partial charge is 0.261 e. The van der Waals surface area contributed by atoms with E-state index in [0.717, 1.165) is 49.7 Å². The number of piperazine rings is 1. The number of quaternary nitrogens is 1. The van der Waals surface area contributed by atoms with E-state index in [1.54, 1.807) is 0 Å². The molecule has 1 amide bonds. The molecule has 33 heavy (non-hydrogen) atoms. The van der Waals surface area contributed by atoms with E-state index in [4.69, 9.17) is 5.73 Å². The second kappa shape index (κ2) is 8.89. The Hall–Kier alpha value is -3.35. The molecule has 0 aliphatic carbocycles. The van der Waals surface area contributed by atoms with Crippen LogP contribution in [0.5, 0.6) is 0 Å². The van der Waals surface area contributed by atoms with Gasteiger partial charge in [-0.15, -0.1) is 0 Å². The second-order valence-electron chi connectivity index (χ2n) is 9.11. The van der Waals surface area contributed by atoms with Crippen molar-refractivity contribution in [3.63, 3.8) is 0 Å². The van der Waals surface area contributed by atoms with Crippen molar-refractivity contribution in [2.45, 2.75) is 13.0 Å². The average Bonchev–Trinajstić information content (AvgIpc) is 2.86. The Balaban J connectivity index is 1.39. The van der Waals surface area contributed by atoms with Gasteiger partial charge in [0.05, 0.1) is 6.54 Å². The van der Waals surface area contributed by atoms with Crippen LogP contribution in [0.25, 0.3) is 0 Å². The standard InChI is InChI=1S/C27H31N5O/c1-21(19-30-15-17-31(18-16-30)23-13-11-22(28)12-14-23)32(24-7-3-2-4-8-24)20-29-27(33)25-9-5-6-10-26(25)32/h2-14,21H,15-20,28H2,1H3/p+1. The van der Waals surface area contributed by atoms with Crippen LogP contribution in [0.2, 0.25) is 0 Å². The zero-order valence-electron chi connectivity index (χ0n) is 19.2. The molecule has 2 unspecified atom stereocenters. The number of rotatable bonds is 5. The Kier molecular flexibility index (Phi) is 5.79. The molecule has 0 saturated carbocycles. The maximum absolute atomic E-state index is 12.7. The number of benzene rings is 3. The normalized spacial score (nSPS) is 21.8. The summed E-state index contributed by atoms with van der Waals surface area (Å²) in [6.45, 7) is 7.84. The number of hydrogen-bond donors (Lipinski definition) is 2. The monoisotopic (exact) mass is 442 g/mol. The Morgan fingerprint density at radius 1 is 0.909 bits per heavy atom. The highest BCUT2D eigenvalue weighted by Gasteiger charge is 2.45. The molecule has 2 heterocycles. The van der Waals surface area contributed by atoms with Gasteiger partial charge in [-0.05, 0) is 49.4 Å². The highest BCUT2D eigenvalue weighted by molar-refractivity contribution is 6.01. The Morgan fingerprint density at radius 3 is 2.30 bits per heavy atom. The van der Waals surface area contributed by atoms with Crippen LogP contribution in [0.1, 0.15) is 17.3 Å². The molecule has 0 bridgehead atoms. The zero-order valence-corrected chi connectivity index (χ0v) is 19.2. The molecule has 6 heteroatoms. The number of carbonyl (C=O) groups is 1. The van der Waals surface area contributed by atoms with Crippen molar-refractivity contribution < 1.29 is 4.79 Å². The third kappa shape index (κ3) is 3.96. The first-order chi connectivity index (χ1) is 16.1. The van der Waals surface area contributed by atoms with Gasteiger partial charge >= 0.3 is 0 Å². The predicted octanol–water partition coefficient (Wildman–Crippen LogP) is 3.82. The van der Waals surface area contributed by atoms with Crippen molar-refractivity contribution in [3.05, 3.63) is 84.4 Å². The van der Waals surface area contributed by atoms with Crippen molar-refractivity contribution in [3.8, 4) is 0 Å². The fraction of sp³-hybridized carbons (Fsp3) is 0.296. The Morgan fingerprint density at radius 2 is 1.58 bits per heavy atom. The van der Waals surface area contributed by atoms with E-state index in [2.05, 4.69) is 70.6 Å². The van der Waals surface area contributed by atoms with Crippen molar-refractivity contribution >= 4 is 28.7 Å². The molecule has 1 saturated heterocycles. The minimum absolute atomic E-state index is 0.0135. The van der Waals surface area contributed by atoms with Crippen LogP contribution in [0.4, 0.5) is 22.7 Å².